The van der Waals surface area contributed by atoms with Crippen LogP contribution in [-0.4, -0.2) is 59.7 Å². The Bertz CT molecular complexity index is 1020. The molecular formula is C21H21ClN4O3S. The van der Waals surface area contributed by atoms with Gasteiger partial charge < -0.3 is 14.4 Å². The van der Waals surface area contributed by atoms with Crippen LogP contribution in [-0.2, 0) is 4.74 Å². The van der Waals surface area contributed by atoms with Crippen molar-refractivity contribution >= 4 is 35.1 Å². The quantitative estimate of drug-likeness (QED) is 0.406. The average molecular weight is 445 g/mol. The number of rotatable bonds is 7. The van der Waals surface area contributed by atoms with Gasteiger partial charge in [-0.15, -0.1) is 10.2 Å². The fraction of sp³-hybridized carbons (Fsp3) is 0.286. The van der Waals surface area contributed by atoms with Gasteiger partial charge in [0.05, 0.1) is 36.8 Å². The van der Waals surface area contributed by atoms with E-state index in [1.54, 1.807) is 25.3 Å². The van der Waals surface area contributed by atoms with Gasteiger partial charge in [0.1, 0.15) is 5.75 Å². The fourth-order valence-electron chi connectivity index (χ4n) is 3.18. The zero-order valence-corrected chi connectivity index (χ0v) is 18.0. The van der Waals surface area contributed by atoms with Gasteiger partial charge in [-0.3, -0.25) is 9.36 Å². The summed E-state index contributed by atoms with van der Waals surface area (Å²) in [7, 11) is 1.54. The van der Waals surface area contributed by atoms with Gasteiger partial charge in [0, 0.05) is 18.7 Å². The van der Waals surface area contributed by atoms with Crippen molar-refractivity contribution in [2.24, 2.45) is 0 Å². The molecule has 2 aromatic carbocycles. The minimum Gasteiger partial charge on any atom is -0.495 e. The Labute approximate surface area is 183 Å². The highest BCUT2D eigenvalue weighted by atomic mass is 35.5. The molecule has 0 aliphatic carbocycles. The van der Waals surface area contributed by atoms with Gasteiger partial charge in [0.25, 0.3) is 0 Å². The maximum atomic E-state index is 12.7. The zero-order chi connectivity index (χ0) is 20.9. The first-order chi connectivity index (χ1) is 14.7. The topological polar surface area (TPSA) is 69.5 Å². The summed E-state index contributed by atoms with van der Waals surface area (Å²) in [6.45, 7) is 2.81. The van der Waals surface area contributed by atoms with Gasteiger partial charge >= 0.3 is 0 Å². The van der Waals surface area contributed by atoms with Crippen LogP contribution >= 0.6 is 23.4 Å². The van der Waals surface area contributed by atoms with Crippen LogP contribution in [0.3, 0.4) is 0 Å². The van der Waals surface area contributed by atoms with E-state index < -0.39 is 0 Å². The van der Waals surface area contributed by atoms with Crippen molar-refractivity contribution in [3.8, 4) is 11.4 Å². The molecule has 30 heavy (non-hydrogen) atoms. The van der Waals surface area contributed by atoms with Gasteiger partial charge in [-0.2, -0.15) is 0 Å². The largest absolute Gasteiger partial charge is 0.495 e. The smallest absolute Gasteiger partial charge is 0.232 e. The molecule has 7 nitrogen and oxygen atoms in total. The van der Waals surface area contributed by atoms with Crippen LogP contribution < -0.4 is 9.64 Å². The molecule has 0 amide bonds. The number of ether oxygens (including phenoxy) is 2. The second-order valence-electron chi connectivity index (χ2n) is 6.61. The highest BCUT2D eigenvalue weighted by molar-refractivity contribution is 7.99. The van der Waals surface area contributed by atoms with E-state index in [9.17, 15) is 4.79 Å². The van der Waals surface area contributed by atoms with Crippen molar-refractivity contribution in [3.63, 3.8) is 0 Å². The number of Topliss-reactive ketones (excluding diaryl/α,β-unsaturated/α-hetero) is 1. The molecule has 0 N–H and O–H groups in total. The maximum absolute atomic E-state index is 12.7. The molecule has 1 fully saturated rings. The molecule has 0 bridgehead atoms. The molecule has 9 heteroatoms. The molecule has 0 saturated carbocycles. The zero-order valence-electron chi connectivity index (χ0n) is 16.5. The summed E-state index contributed by atoms with van der Waals surface area (Å²) < 4.78 is 12.6. The Balaban J connectivity index is 1.57. The molecule has 0 unspecified atom stereocenters. The number of carbonyl (C=O) groups excluding carboxylic acids is 1. The molecule has 0 atom stereocenters. The van der Waals surface area contributed by atoms with Crippen molar-refractivity contribution in [1.82, 2.24) is 14.8 Å². The molecule has 0 radical (unpaired) electrons. The lowest BCUT2D eigenvalue weighted by Gasteiger charge is -2.27. The standard InChI is InChI=1S/C21H21ClN4O3S/c1-28-19-8-7-15(13-17(19)22)18(27)14-30-21-24-23-20(25-9-11-29-12-10-25)26(21)16-5-3-2-4-6-16/h2-8,13H,9-12,14H2,1H3. The Morgan fingerprint density at radius 2 is 1.93 bits per heavy atom. The van der Waals surface area contributed by atoms with Gasteiger partial charge in [-0.05, 0) is 30.3 Å². The van der Waals surface area contributed by atoms with Crippen LogP contribution in [0.1, 0.15) is 10.4 Å². The Kier molecular flexibility index (Phi) is 6.56. The molecule has 0 spiro atoms. The predicted octanol–water partition coefficient (Wildman–Crippen LogP) is 3.74. The molecule has 1 saturated heterocycles. The van der Waals surface area contributed by atoms with E-state index >= 15 is 0 Å². The molecule has 3 aromatic rings. The number of methoxy groups -OCH3 is 1. The highest BCUT2D eigenvalue weighted by Crippen LogP contribution is 2.29. The van der Waals surface area contributed by atoms with Crippen LogP contribution in [0.25, 0.3) is 5.69 Å². The molecule has 1 aromatic heterocycles. The van der Waals surface area contributed by atoms with E-state index in [4.69, 9.17) is 21.1 Å². The number of hydrogen-bond acceptors (Lipinski definition) is 7. The Morgan fingerprint density at radius 1 is 1.17 bits per heavy atom. The van der Waals surface area contributed by atoms with Crippen molar-refractivity contribution in [2.75, 3.05) is 44.1 Å². The molecule has 4 rings (SSSR count). The first-order valence-corrected chi connectivity index (χ1v) is 10.9. The number of hydrogen-bond donors (Lipinski definition) is 0. The molecule has 1 aliphatic rings. The number of morpholine rings is 1. The number of para-hydroxylation sites is 1. The normalized spacial score (nSPS) is 14.0. The second-order valence-corrected chi connectivity index (χ2v) is 7.96. The summed E-state index contributed by atoms with van der Waals surface area (Å²) in [5.74, 6) is 1.48. The van der Waals surface area contributed by atoms with E-state index in [1.807, 2.05) is 34.9 Å². The average Bonchev–Trinajstić information content (AvgIpc) is 3.22. The van der Waals surface area contributed by atoms with Gasteiger partial charge in [-0.1, -0.05) is 41.6 Å². The van der Waals surface area contributed by atoms with Crippen LogP contribution in [0.5, 0.6) is 5.75 Å². The van der Waals surface area contributed by atoms with Gasteiger partial charge in [0.2, 0.25) is 5.95 Å². The number of aromatic nitrogens is 3. The number of carbonyl (C=O) groups is 1. The first kappa shape index (κ1) is 20.7. The van der Waals surface area contributed by atoms with Crippen LogP contribution in [0.2, 0.25) is 5.02 Å². The number of halogens is 1. The van der Waals surface area contributed by atoms with Crippen molar-refractivity contribution < 1.29 is 14.3 Å². The Hall–Kier alpha value is -2.55. The number of anilines is 1. The summed E-state index contributed by atoms with van der Waals surface area (Å²) in [4.78, 5) is 14.9. The molecule has 2 heterocycles. The third-order valence-corrected chi connectivity index (χ3v) is 5.96. The minimum atomic E-state index is -0.0416. The van der Waals surface area contributed by atoms with E-state index in [2.05, 4.69) is 15.1 Å². The summed E-state index contributed by atoms with van der Waals surface area (Å²) >= 11 is 7.51. The third kappa shape index (κ3) is 4.45. The second kappa shape index (κ2) is 9.51. The highest BCUT2D eigenvalue weighted by Gasteiger charge is 2.22. The maximum Gasteiger partial charge on any atom is 0.232 e. The van der Waals surface area contributed by atoms with E-state index in [-0.39, 0.29) is 11.5 Å². The van der Waals surface area contributed by atoms with E-state index in [0.717, 1.165) is 24.7 Å². The van der Waals surface area contributed by atoms with Gasteiger partial charge in [-0.25, -0.2) is 0 Å². The van der Waals surface area contributed by atoms with Crippen LogP contribution in [0, 0.1) is 0 Å². The van der Waals surface area contributed by atoms with Crippen molar-refractivity contribution in [1.29, 1.82) is 0 Å². The molecule has 1 aliphatic heterocycles. The summed E-state index contributed by atoms with van der Waals surface area (Å²) in [6, 6.07) is 15.0. The fourth-order valence-corrected chi connectivity index (χ4v) is 4.28. The van der Waals surface area contributed by atoms with E-state index in [0.29, 0.717) is 34.7 Å². The summed E-state index contributed by atoms with van der Waals surface area (Å²) in [5.41, 5.74) is 1.49. The van der Waals surface area contributed by atoms with Crippen LogP contribution in [0.15, 0.2) is 53.7 Å². The lowest BCUT2D eigenvalue weighted by molar-refractivity contribution is 0.102. The molecule has 156 valence electrons. The number of nitrogens with zero attached hydrogens (tertiary/aromatic N) is 4. The predicted molar refractivity (Wildman–Crippen MR) is 117 cm³/mol. The monoisotopic (exact) mass is 444 g/mol. The number of ketones is 1. The van der Waals surface area contributed by atoms with E-state index in [1.165, 1.54) is 11.8 Å². The Morgan fingerprint density at radius 3 is 2.63 bits per heavy atom. The lowest BCUT2D eigenvalue weighted by atomic mass is 10.1. The third-order valence-electron chi connectivity index (χ3n) is 4.73. The first-order valence-electron chi connectivity index (χ1n) is 9.50. The SMILES string of the molecule is COc1ccc(C(=O)CSc2nnc(N3CCOCC3)n2-c2ccccc2)cc1Cl. The lowest BCUT2D eigenvalue weighted by Crippen LogP contribution is -2.37. The number of benzene rings is 2. The van der Waals surface area contributed by atoms with Crippen molar-refractivity contribution in [2.45, 2.75) is 5.16 Å². The number of thioether (sulfide) groups is 1. The summed E-state index contributed by atoms with van der Waals surface area (Å²) in [6.07, 6.45) is 0. The van der Waals surface area contributed by atoms with Crippen molar-refractivity contribution in [3.05, 3.63) is 59.1 Å². The molecular weight excluding hydrogens is 424 g/mol. The minimum absolute atomic E-state index is 0.0416. The summed E-state index contributed by atoms with van der Waals surface area (Å²) in [5, 5.41) is 9.87. The van der Waals surface area contributed by atoms with Crippen LogP contribution in [0.4, 0.5) is 5.95 Å². The van der Waals surface area contributed by atoms with Gasteiger partial charge in [0.15, 0.2) is 10.9 Å².